The van der Waals surface area contributed by atoms with Crippen LogP contribution in [-0.4, -0.2) is 41.6 Å². The number of aryl methyl sites for hydroxylation is 2. The third kappa shape index (κ3) is 5.45. The Labute approximate surface area is 176 Å². The first-order valence-corrected chi connectivity index (χ1v) is 10.2. The first-order chi connectivity index (χ1) is 14.6. The molecule has 0 saturated carbocycles. The Balaban J connectivity index is 1.71. The van der Waals surface area contributed by atoms with Crippen LogP contribution in [0.4, 0.5) is 5.69 Å². The molecule has 2 amide bonds. The van der Waals surface area contributed by atoms with E-state index in [9.17, 15) is 9.59 Å². The van der Waals surface area contributed by atoms with Crippen LogP contribution in [0.5, 0.6) is 0 Å². The molecule has 30 heavy (non-hydrogen) atoms. The fraction of sp³-hybridized carbons (Fsp3) is 0.348. The number of methoxy groups -OCH3 is 1. The van der Waals surface area contributed by atoms with Gasteiger partial charge in [-0.2, -0.15) is 0 Å². The van der Waals surface area contributed by atoms with E-state index in [1.54, 1.807) is 0 Å². The van der Waals surface area contributed by atoms with E-state index in [0.29, 0.717) is 13.0 Å². The zero-order chi connectivity index (χ0) is 21.3. The minimum atomic E-state index is -0.139. The van der Waals surface area contributed by atoms with Crippen molar-refractivity contribution in [1.82, 2.24) is 14.9 Å². The summed E-state index contributed by atoms with van der Waals surface area (Å²) in [7, 11) is 1.49. The Morgan fingerprint density at radius 1 is 1.07 bits per heavy atom. The predicted octanol–water partition coefficient (Wildman–Crippen LogP) is 2.93. The lowest BCUT2D eigenvalue weighted by molar-refractivity contribution is -0.124. The Morgan fingerprint density at radius 3 is 2.63 bits per heavy atom. The van der Waals surface area contributed by atoms with Gasteiger partial charge in [0.25, 0.3) is 0 Å². The van der Waals surface area contributed by atoms with Gasteiger partial charge in [-0.25, -0.2) is 4.98 Å². The van der Waals surface area contributed by atoms with Gasteiger partial charge in [-0.15, -0.1) is 0 Å². The molecule has 0 aliphatic rings. The van der Waals surface area contributed by atoms with Crippen molar-refractivity contribution in [3.05, 3.63) is 59.9 Å². The number of nitrogens with one attached hydrogen (secondary N) is 2. The molecule has 7 nitrogen and oxygen atoms in total. The lowest BCUT2D eigenvalue weighted by Crippen LogP contribution is -2.28. The van der Waals surface area contributed by atoms with Gasteiger partial charge in [0.2, 0.25) is 11.8 Å². The standard InChI is InChI=1S/C23H28N4O3/c1-3-17-9-4-5-10-18(17)26-22(28)15-27-20-12-7-6-11-19(20)25-21(27)13-8-14-24-23(29)16-30-2/h4-7,9-12H,3,8,13-16H2,1-2H3,(H,24,29)(H,26,28). The molecule has 1 heterocycles. The Morgan fingerprint density at radius 2 is 1.83 bits per heavy atom. The molecule has 0 atom stereocenters. The molecular weight excluding hydrogens is 380 g/mol. The third-order valence-electron chi connectivity index (χ3n) is 4.88. The average molecular weight is 409 g/mol. The summed E-state index contributed by atoms with van der Waals surface area (Å²) in [4.78, 5) is 29.0. The number of fused-ring (bicyclic) bond motifs is 1. The molecule has 1 aromatic heterocycles. The second kappa shape index (κ2) is 10.5. The van der Waals surface area contributed by atoms with E-state index < -0.39 is 0 Å². The molecule has 3 aromatic rings. The van der Waals surface area contributed by atoms with Crippen molar-refractivity contribution >= 4 is 28.5 Å². The number of hydrogen-bond acceptors (Lipinski definition) is 4. The monoisotopic (exact) mass is 408 g/mol. The van der Waals surface area contributed by atoms with Crippen molar-refractivity contribution in [3.63, 3.8) is 0 Å². The minimum Gasteiger partial charge on any atom is -0.375 e. The summed E-state index contributed by atoms with van der Waals surface area (Å²) < 4.78 is 6.77. The molecule has 0 saturated heterocycles. The van der Waals surface area contributed by atoms with Crippen LogP contribution in [0.15, 0.2) is 48.5 Å². The highest BCUT2D eigenvalue weighted by atomic mass is 16.5. The van der Waals surface area contributed by atoms with Crippen molar-refractivity contribution in [2.24, 2.45) is 0 Å². The summed E-state index contributed by atoms with van der Waals surface area (Å²) in [6.45, 7) is 2.83. The highest BCUT2D eigenvalue weighted by Gasteiger charge is 2.14. The number of carbonyl (C=O) groups excluding carboxylic acids is 2. The maximum absolute atomic E-state index is 12.8. The van der Waals surface area contributed by atoms with Crippen molar-refractivity contribution in [2.45, 2.75) is 32.7 Å². The number of aromatic nitrogens is 2. The SMILES string of the molecule is CCc1ccccc1NC(=O)Cn1c(CCCNC(=O)COC)nc2ccccc21. The molecule has 0 spiro atoms. The van der Waals surface area contributed by atoms with E-state index in [1.165, 1.54) is 7.11 Å². The zero-order valence-electron chi connectivity index (χ0n) is 17.5. The van der Waals surface area contributed by atoms with Gasteiger partial charge in [-0.1, -0.05) is 37.3 Å². The van der Waals surface area contributed by atoms with Crippen LogP contribution < -0.4 is 10.6 Å². The molecule has 0 aliphatic carbocycles. The van der Waals surface area contributed by atoms with Crippen molar-refractivity contribution in [2.75, 3.05) is 25.6 Å². The fourth-order valence-electron chi connectivity index (χ4n) is 3.43. The summed E-state index contributed by atoms with van der Waals surface area (Å²) in [5.41, 5.74) is 3.73. The number of anilines is 1. The number of nitrogens with zero attached hydrogens (tertiary/aromatic N) is 2. The summed E-state index contributed by atoms with van der Waals surface area (Å²) in [5.74, 6) is 0.602. The smallest absolute Gasteiger partial charge is 0.245 e. The quantitative estimate of drug-likeness (QED) is 0.505. The van der Waals surface area contributed by atoms with Gasteiger partial charge in [-0.3, -0.25) is 9.59 Å². The largest absolute Gasteiger partial charge is 0.375 e. The number of rotatable bonds is 10. The number of benzene rings is 2. The normalized spacial score (nSPS) is 10.9. The van der Waals surface area contributed by atoms with Gasteiger partial charge in [0, 0.05) is 25.8 Å². The number of hydrogen-bond donors (Lipinski definition) is 2. The highest BCUT2D eigenvalue weighted by molar-refractivity contribution is 5.92. The molecule has 0 unspecified atom stereocenters. The van der Waals surface area contributed by atoms with Gasteiger partial charge >= 0.3 is 0 Å². The molecule has 0 bridgehead atoms. The van der Waals surface area contributed by atoms with Crippen LogP contribution in [0.1, 0.15) is 24.7 Å². The number of amides is 2. The zero-order valence-corrected chi connectivity index (χ0v) is 17.5. The van der Waals surface area contributed by atoms with Crippen LogP contribution in [0, 0.1) is 0 Å². The Bertz CT molecular complexity index is 1010. The molecule has 3 rings (SSSR count). The molecule has 0 fully saturated rings. The maximum atomic E-state index is 12.8. The van der Waals surface area contributed by atoms with E-state index in [1.807, 2.05) is 53.1 Å². The van der Waals surface area contributed by atoms with Crippen molar-refractivity contribution in [3.8, 4) is 0 Å². The maximum Gasteiger partial charge on any atom is 0.245 e. The molecular formula is C23H28N4O3. The summed E-state index contributed by atoms with van der Waals surface area (Å²) >= 11 is 0. The summed E-state index contributed by atoms with van der Waals surface area (Å²) in [6, 6.07) is 15.6. The number of imidazole rings is 1. The molecule has 0 radical (unpaired) electrons. The van der Waals surface area contributed by atoms with Crippen LogP contribution in [-0.2, 0) is 33.7 Å². The number of ether oxygens (including phenoxy) is 1. The molecule has 158 valence electrons. The molecule has 0 aliphatic heterocycles. The van der Waals surface area contributed by atoms with Crippen LogP contribution in [0.3, 0.4) is 0 Å². The van der Waals surface area contributed by atoms with E-state index >= 15 is 0 Å². The van der Waals surface area contributed by atoms with Crippen LogP contribution in [0.25, 0.3) is 11.0 Å². The minimum absolute atomic E-state index is 0.0535. The van der Waals surface area contributed by atoms with E-state index in [4.69, 9.17) is 9.72 Å². The van der Waals surface area contributed by atoms with Gasteiger partial charge in [0.05, 0.1) is 11.0 Å². The van der Waals surface area contributed by atoms with Gasteiger partial charge in [0.1, 0.15) is 19.0 Å². The second-order valence-electron chi connectivity index (χ2n) is 7.05. The van der Waals surface area contributed by atoms with Crippen molar-refractivity contribution in [1.29, 1.82) is 0 Å². The van der Waals surface area contributed by atoms with Crippen LogP contribution >= 0.6 is 0 Å². The molecule has 7 heteroatoms. The highest BCUT2D eigenvalue weighted by Crippen LogP contribution is 2.19. The first-order valence-electron chi connectivity index (χ1n) is 10.2. The van der Waals surface area contributed by atoms with Gasteiger partial charge in [0.15, 0.2) is 0 Å². The second-order valence-corrected chi connectivity index (χ2v) is 7.05. The topological polar surface area (TPSA) is 85.2 Å². The Hall–Kier alpha value is -3.19. The molecule has 2 aromatic carbocycles. The number of para-hydroxylation sites is 3. The molecule has 2 N–H and O–H groups in total. The lowest BCUT2D eigenvalue weighted by atomic mass is 10.1. The Kier molecular flexibility index (Phi) is 7.57. The van der Waals surface area contributed by atoms with E-state index in [0.717, 1.165) is 41.0 Å². The van der Waals surface area contributed by atoms with Gasteiger partial charge in [-0.05, 0) is 36.6 Å². The number of carbonyl (C=O) groups is 2. The third-order valence-corrected chi connectivity index (χ3v) is 4.88. The predicted molar refractivity (Wildman–Crippen MR) is 117 cm³/mol. The van der Waals surface area contributed by atoms with Crippen molar-refractivity contribution < 1.29 is 14.3 Å². The summed E-state index contributed by atoms with van der Waals surface area (Å²) in [5, 5.41) is 5.84. The van der Waals surface area contributed by atoms with Gasteiger partial charge < -0.3 is 19.9 Å². The van der Waals surface area contributed by atoms with Crippen LogP contribution in [0.2, 0.25) is 0 Å². The average Bonchev–Trinajstić information content (AvgIpc) is 3.09. The van der Waals surface area contributed by atoms with E-state index in [2.05, 4.69) is 17.6 Å². The first kappa shape index (κ1) is 21.5. The van der Waals surface area contributed by atoms with E-state index in [-0.39, 0.29) is 25.0 Å². The fourth-order valence-corrected chi connectivity index (χ4v) is 3.43. The lowest BCUT2D eigenvalue weighted by Gasteiger charge is -2.12. The summed E-state index contributed by atoms with van der Waals surface area (Å²) in [6.07, 6.45) is 2.23.